The number of carbonyl (C=O) groups excluding carboxylic acids is 1. The van der Waals surface area contributed by atoms with E-state index in [0.717, 1.165) is 22.6 Å². The summed E-state index contributed by atoms with van der Waals surface area (Å²) in [6, 6.07) is 22.3. The van der Waals surface area contributed by atoms with Crippen LogP contribution in [0.2, 0.25) is 0 Å². The molecular formula is C35H45N2O10PS. The van der Waals surface area contributed by atoms with Crippen LogP contribution in [-0.2, 0) is 25.2 Å². The quantitative estimate of drug-likeness (QED) is 0.116. The molecule has 0 saturated carbocycles. The molecule has 2 saturated heterocycles. The van der Waals surface area contributed by atoms with Gasteiger partial charge < -0.3 is 43.5 Å². The van der Waals surface area contributed by atoms with Crippen molar-refractivity contribution in [2.45, 2.75) is 56.1 Å². The Morgan fingerprint density at radius 3 is 2.41 bits per heavy atom. The van der Waals surface area contributed by atoms with Gasteiger partial charge in [0.05, 0.1) is 38.4 Å². The second-order valence-electron chi connectivity index (χ2n) is 12.5. The number of nitrogens with zero attached hydrogens (tertiary/aromatic N) is 1. The van der Waals surface area contributed by atoms with Crippen molar-refractivity contribution in [1.82, 2.24) is 9.62 Å². The number of ether oxygens (including phenoxy) is 5. The topological polar surface area (TPSA) is 145 Å². The van der Waals surface area contributed by atoms with Gasteiger partial charge in [0, 0.05) is 18.0 Å². The van der Waals surface area contributed by atoms with Crippen molar-refractivity contribution < 1.29 is 47.6 Å². The summed E-state index contributed by atoms with van der Waals surface area (Å²) >= 11 is 1.53. The first-order valence-electron chi connectivity index (χ1n) is 16.3. The van der Waals surface area contributed by atoms with Crippen LogP contribution < -0.4 is 19.3 Å². The molecule has 3 aromatic carbocycles. The summed E-state index contributed by atoms with van der Waals surface area (Å²) in [7, 11) is -2.44. The predicted octanol–water partition coefficient (Wildman–Crippen LogP) is 5.72. The molecule has 12 nitrogen and oxygen atoms in total. The lowest BCUT2D eigenvalue weighted by Crippen LogP contribution is -2.50. The van der Waals surface area contributed by atoms with Gasteiger partial charge in [0.25, 0.3) is 0 Å². The highest BCUT2D eigenvalue weighted by molar-refractivity contribution is 7.97. The summed E-state index contributed by atoms with van der Waals surface area (Å²) in [6.07, 6.45) is -1.90. The summed E-state index contributed by atoms with van der Waals surface area (Å²) in [6.45, 7) is 6.00. The molecule has 266 valence electrons. The molecule has 1 unspecified atom stereocenters. The molecule has 2 heterocycles. The molecule has 1 amide bonds. The number of nitrogens with one attached hydrogen (secondary N) is 1. The Bertz CT molecular complexity index is 1520. The molecule has 6 atom stereocenters. The van der Waals surface area contributed by atoms with Gasteiger partial charge in [-0.25, -0.2) is 13.7 Å². The molecule has 0 aliphatic carbocycles. The van der Waals surface area contributed by atoms with Gasteiger partial charge in [-0.05, 0) is 84.8 Å². The third-order valence-corrected chi connectivity index (χ3v) is 10.0. The van der Waals surface area contributed by atoms with Gasteiger partial charge >= 0.3 is 13.7 Å². The third-order valence-electron chi connectivity index (χ3n) is 8.03. The van der Waals surface area contributed by atoms with E-state index in [0.29, 0.717) is 24.8 Å². The SMILES string of the molecule is COc1ccc(SN(CC(C)C)C[C@@H](O)[C@H](Cc2ccc(OCP(=O)(O)Oc3ccccc3)cc2)NC(=O)O[C@H]2CO[C@H]3OCC[C@H]32)cc1. The molecule has 0 spiro atoms. The fourth-order valence-corrected chi connectivity index (χ4v) is 7.61. The lowest BCUT2D eigenvalue weighted by molar-refractivity contribution is -0.0907. The van der Waals surface area contributed by atoms with E-state index >= 15 is 0 Å². The van der Waals surface area contributed by atoms with Crippen molar-refractivity contribution in [3.8, 4) is 17.2 Å². The Kier molecular flexibility index (Phi) is 13.3. The van der Waals surface area contributed by atoms with Crippen molar-refractivity contribution in [2.75, 3.05) is 39.8 Å². The fraction of sp³-hybridized carbons (Fsp3) is 0.457. The molecule has 2 aliphatic rings. The van der Waals surface area contributed by atoms with Crippen molar-refractivity contribution in [3.63, 3.8) is 0 Å². The number of methoxy groups -OCH3 is 1. The summed E-state index contributed by atoms with van der Waals surface area (Å²) < 4.78 is 47.7. The number of alkyl carbamates (subject to hydrolysis) is 1. The van der Waals surface area contributed by atoms with Crippen LogP contribution in [0.3, 0.4) is 0 Å². The minimum Gasteiger partial charge on any atom is -0.497 e. The lowest BCUT2D eigenvalue weighted by Gasteiger charge is -2.30. The highest BCUT2D eigenvalue weighted by atomic mass is 32.2. The predicted molar refractivity (Wildman–Crippen MR) is 185 cm³/mol. The molecule has 5 rings (SSSR count). The number of aliphatic hydroxyl groups is 1. The number of hydrogen-bond acceptors (Lipinski definition) is 11. The van der Waals surface area contributed by atoms with Crippen LogP contribution in [0.5, 0.6) is 17.2 Å². The highest BCUT2D eigenvalue weighted by Gasteiger charge is 2.44. The van der Waals surface area contributed by atoms with Gasteiger partial charge in [0.15, 0.2) is 12.6 Å². The zero-order valence-corrected chi connectivity index (χ0v) is 29.6. The van der Waals surface area contributed by atoms with Crippen molar-refractivity contribution in [1.29, 1.82) is 0 Å². The number of rotatable bonds is 17. The van der Waals surface area contributed by atoms with E-state index in [1.54, 1.807) is 61.7 Å². The first kappa shape index (κ1) is 37.0. The maximum Gasteiger partial charge on any atom is 0.413 e. The number of para-hydroxylation sites is 1. The number of amides is 1. The largest absolute Gasteiger partial charge is 0.497 e. The minimum atomic E-state index is -4.06. The molecule has 0 aromatic heterocycles. The average molecular weight is 717 g/mol. The number of fused-ring (bicyclic) bond motifs is 1. The van der Waals surface area contributed by atoms with E-state index in [9.17, 15) is 19.4 Å². The first-order valence-corrected chi connectivity index (χ1v) is 18.8. The van der Waals surface area contributed by atoms with Crippen LogP contribution in [0.25, 0.3) is 0 Å². The van der Waals surface area contributed by atoms with Gasteiger partial charge in [-0.1, -0.05) is 44.2 Å². The smallest absolute Gasteiger partial charge is 0.413 e. The monoisotopic (exact) mass is 716 g/mol. The molecule has 3 aromatic rings. The normalized spacial score (nSPS) is 21.1. The fourth-order valence-electron chi connectivity index (χ4n) is 5.64. The Morgan fingerprint density at radius 1 is 1.00 bits per heavy atom. The standard InChI is InChI=1S/C35H45N2O10PS/c1-24(2)20-37(49-29-15-13-26(42-3)14-16-29)21-32(38)31(36-35(39)46-33-22-44-34-30(33)17-18-43-34)19-25-9-11-27(12-10-25)45-23-48(40,41)47-28-7-5-4-6-8-28/h4-16,24,30-34,38H,17-23H2,1-3H3,(H,36,39)(H,40,41)/t30-,31-,32+,33-,34+/m0/s1. The van der Waals surface area contributed by atoms with Gasteiger partial charge in [-0.15, -0.1) is 0 Å². The summed E-state index contributed by atoms with van der Waals surface area (Å²) in [5.74, 6) is 1.70. The molecule has 14 heteroatoms. The van der Waals surface area contributed by atoms with Crippen LogP contribution in [0.15, 0.2) is 83.8 Å². The molecular weight excluding hydrogens is 671 g/mol. The molecule has 0 bridgehead atoms. The molecule has 49 heavy (non-hydrogen) atoms. The van der Waals surface area contributed by atoms with Crippen LogP contribution in [0, 0.1) is 11.8 Å². The maximum absolute atomic E-state index is 13.2. The van der Waals surface area contributed by atoms with E-state index in [1.165, 1.54) is 11.9 Å². The number of benzene rings is 3. The Morgan fingerprint density at radius 2 is 1.71 bits per heavy atom. The summed E-state index contributed by atoms with van der Waals surface area (Å²) in [5.41, 5.74) is 0.802. The second kappa shape index (κ2) is 17.6. The zero-order valence-electron chi connectivity index (χ0n) is 27.9. The van der Waals surface area contributed by atoms with E-state index in [4.69, 9.17) is 28.2 Å². The average Bonchev–Trinajstić information content (AvgIpc) is 3.70. The lowest BCUT2D eigenvalue weighted by atomic mass is 10.0. The molecule has 2 aliphatic heterocycles. The second-order valence-corrected chi connectivity index (χ2v) is 15.3. The first-order chi connectivity index (χ1) is 23.6. The van der Waals surface area contributed by atoms with Crippen LogP contribution >= 0.6 is 19.5 Å². The van der Waals surface area contributed by atoms with E-state index in [1.807, 2.05) is 24.3 Å². The van der Waals surface area contributed by atoms with Crippen LogP contribution in [0.4, 0.5) is 4.79 Å². The minimum absolute atomic E-state index is 0.0172. The van der Waals surface area contributed by atoms with E-state index < -0.39 is 38.3 Å². The van der Waals surface area contributed by atoms with E-state index in [2.05, 4.69) is 23.5 Å². The number of hydrogen-bond donors (Lipinski definition) is 3. The van der Waals surface area contributed by atoms with Gasteiger partial charge in [0.1, 0.15) is 23.4 Å². The molecule has 2 fully saturated rings. The highest BCUT2D eigenvalue weighted by Crippen LogP contribution is 2.42. The van der Waals surface area contributed by atoms with Crippen molar-refractivity contribution in [2.24, 2.45) is 11.8 Å². The zero-order chi connectivity index (χ0) is 34.8. The molecule has 3 N–H and O–H groups in total. The van der Waals surface area contributed by atoms with Crippen molar-refractivity contribution in [3.05, 3.63) is 84.4 Å². The Balaban J connectivity index is 1.24. The number of aliphatic hydroxyl groups excluding tert-OH is 1. The maximum atomic E-state index is 13.2. The van der Waals surface area contributed by atoms with Gasteiger partial charge in [-0.2, -0.15) is 0 Å². The van der Waals surface area contributed by atoms with E-state index in [-0.39, 0.29) is 37.5 Å². The molecule has 0 radical (unpaired) electrons. The summed E-state index contributed by atoms with van der Waals surface area (Å²) in [4.78, 5) is 24.5. The Labute approximate surface area is 291 Å². The third kappa shape index (κ3) is 11.4. The summed E-state index contributed by atoms with van der Waals surface area (Å²) in [5, 5.41) is 14.6. The van der Waals surface area contributed by atoms with Crippen LogP contribution in [-0.4, -0.2) is 84.7 Å². The van der Waals surface area contributed by atoms with Crippen molar-refractivity contribution >= 4 is 25.6 Å². The Hall–Kier alpha value is -3.29. The van der Waals surface area contributed by atoms with Crippen LogP contribution in [0.1, 0.15) is 25.8 Å². The van der Waals surface area contributed by atoms with Gasteiger partial charge in [-0.3, -0.25) is 0 Å². The van der Waals surface area contributed by atoms with Gasteiger partial charge in [0.2, 0.25) is 0 Å². The number of carbonyl (C=O) groups is 1.